The number of aliphatic hydroxyl groups excluding tert-OH is 4. The molecule has 0 bridgehead atoms. The van der Waals surface area contributed by atoms with Crippen LogP contribution < -0.4 is 0 Å². The Kier molecular flexibility index (Phi) is 19.5. The van der Waals surface area contributed by atoms with Crippen LogP contribution in [-0.4, -0.2) is 89.0 Å². The molecule has 1 rings (SSSR count). The van der Waals surface area contributed by atoms with Crippen molar-refractivity contribution in [2.45, 2.75) is 115 Å². The summed E-state index contributed by atoms with van der Waals surface area (Å²) in [7, 11) is 0. The lowest BCUT2D eigenvalue weighted by molar-refractivity contribution is -0.305. The third-order valence-electron chi connectivity index (χ3n) is 6.10. The maximum Gasteiger partial charge on any atom is 0.306 e. The number of carbonyl (C=O) groups excluding carboxylic acids is 2. The standard InChI is InChI=1S/C29H48O10/c1-3-4-5-6-7-8-9-10-11-12-13-14-15-16-17-18-25(32)38-23(20-36-22(2)31)21-37-29-28(35)27(34)26(33)24(19-30)39-29/h4-5,7-8,10-11,23-24,26-30,33-35H,3,6,9,12-21H2,1-2H3/b5-4-,8-7-,11-10-. The first kappa shape index (κ1) is 34.9. The Morgan fingerprint density at radius 1 is 0.846 bits per heavy atom. The van der Waals surface area contributed by atoms with Crippen LogP contribution in [0.5, 0.6) is 0 Å². The number of ether oxygens (including phenoxy) is 4. The summed E-state index contributed by atoms with van der Waals surface area (Å²) in [5.74, 6) is -1.03. The van der Waals surface area contributed by atoms with Crippen molar-refractivity contribution in [1.82, 2.24) is 0 Å². The quantitative estimate of drug-likeness (QED) is 0.100. The SMILES string of the molecule is CC/C=C\C/C=C\C/C=C\CCCCCCCC(=O)OC(COC(C)=O)COC1OC(CO)C(O)C(O)C1O. The molecule has 10 nitrogen and oxygen atoms in total. The van der Waals surface area contributed by atoms with Crippen LogP contribution in [0.1, 0.15) is 78.1 Å². The molecule has 10 heteroatoms. The fourth-order valence-corrected chi connectivity index (χ4v) is 3.87. The average molecular weight is 557 g/mol. The summed E-state index contributed by atoms with van der Waals surface area (Å²) < 4.78 is 21.1. The minimum atomic E-state index is -1.59. The van der Waals surface area contributed by atoms with Gasteiger partial charge in [-0.2, -0.15) is 0 Å². The van der Waals surface area contributed by atoms with Gasteiger partial charge in [0, 0.05) is 13.3 Å². The highest BCUT2D eigenvalue weighted by molar-refractivity contribution is 5.69. The van der Waals surface area contributed by atoms with Gasteiger partial charge in [0.1, 0.15) is 31.0 Å². The van der Waals surface area contributed by atoms with Gasteiger partial charge in [0.05, 0.1) is 13.2 Å². The van der Waals surface area contributed by atoms with Crippen molar-refractivity contribution in [2.75, 3.05) is 19.8 Å². The zero-order chi connectivity index (χ0) is 28.9. The molecule has 0 radical (unpaired) electrons. The number of carbonyl (C=O) groups is 2. The highest BCUT2D eigenvalue weighted by Crippen LogP contribution is 2.22. The second-order valence-electron chi connectivity index (χ2n) is 9.55. The van der Waals surface area contributed by atoms with E-state index >= 15 is 0 Å². The molecule has 0 spiro atoms. The lowest BCUT2D eigenvalue weighted by Gasteiger charge is -2.39. The van der Waals surface area contributed by atoms with Gasteiger partial charge in [-0.15, -0.1) is 0 Å². The van der Waals surface area contributed by atoms with Crippen LogP contribution in [0.4, 0.5) is 0 Å². The predicted octanol–water partition coefficient (Wildman–Crippen LogP) is 2.87. The molecule has 0 aromatic rings. The molecule has 1 fully saturated rings. The van der Waals surface area contributed by atoms with Gasteiger partial charge < -0.3 is 39.4 Å². The monoisotopic (exact) mass is 556 g/mol. The lowest BCUT2D eigenvalue weighted by atomic mass is 9.99. The normalized spacial score (nSPS) is 24.5. The Morgan fingerprint density at radius 3 is 2.15 bits per heavy atom. The van der Waals surface area contributed by atoms with E-state index in [9.17, 15) is 30.0 Å². The average Bonchev–Trinajstić information content (AvgIpc) is 2.91. The highest BCUT2D eigenvalue weighted by Gasteiger charge is 2.44. The number of aliphatic hydroxyl groups is 4. The minimum absolute atomic E-state index is 0.205. The Bertz CT molecular complexity index is 748. The van der Waals surface area contributed by atoms with E-state index in [1.54, 1.807) is 0 Å². The van der Waals surface area contributed by atoms with Gasteiger partial charge in [0.25, 0.3) is 0 Å². The summed E-state index contributed by atoms with van der Waals surface area (Å²) in [4.78, 5) is 23.5. The molecular formula is C29H48O10. The van der Waals surface area contributed by atoms with E-state index in [0.717, 1.165) is 51.4 Å². The minimum Gasteiger partial charge on any atom is -0.462 e. The molecule has 1 aliphatic rings. The van der Waals surface area contributed by atoms with Crippen LogP contribution in [0.15, 0.2) is 36.5 Å². The van der Waals surface area contributed by atoms with Crippen LogP contribution in [0.25, 0.3) is 0 Å². The van der Waals surface area contributed by atoms with Crippen molar-refractivity contribution in [3.8, 4) is 0 Å². The second-order valence-corrected chi connectivity index (χ2v) is 9.55. The fraction of sp³-hybridized carbons (Fsp3) is 0.724. The van der Waals surface area contributed by atoms with Crippen molar-refractivity contribution in [2.24, 2.45) is 0 Å². The molecule has 0 aromatic carbocycles. The van der Waals surface area contributed by atoms with Gasteiger partial charge in [-0.05, 0) is 38.5 Å². The smallest absolute Gasteiger partial charge is 0.306 e. The third-order valence-corrected chi connectivity index (χ3v) is 6.10. The molecular weight excluding hydrogens is 508 g/mol. The molecule has 6 atom stereocenters. The number of hydrogen-bond donors (Lipinski definition) is 4. The maximum atomic E-state index is 12.3. The largest absolute Gasteiger partial charge is 0.462 e. The van der Waals surface area contributed by atoms with Crippen LogP contribution in [0.3, 0.4) is 0 Å². The number of rotatable bonds is 20. The van der Waals surface area contributed by atoms with E-state index in [1.807, 2.05) is 0 Å². The Labute approximate surface area is 232 Å². The van der Waals surface area contributed by atoms with Crippen molar-refractivity contribution in [1.29, 1.82) is 0 Å². The summed E-state index contributed by atoms with van der Waals surface area (Å²) in [5.41, 5.74) is 0. The molecule has 0 aromatic heterocycles. The van der Waals surface area contributed by atoms with Gasteiger partial charge in [0.15, 0.2) is 12.4 Å². The molecule has 4 N–H and O–H groups in total. The van der Waals surface area contributed by atoms with Gasteiger partial charge in [-0.1, -0.05) is 62.6 Å². The van der Waals surface area contributed by atoms with E-state index in [2.05, 4.69) is 43.4 Å². The Hall–Kier alpha value is -2.08. The van der Waals surface area contributed by atoms with Crippen LogP contribution in [0, 0.1) is 0 Å². The molecule has 1 aliphatic heterocycles. The van der Waals surface area contributed by atoms with Gasteiger partial charge in [-0.3, -0.25) is 9.59 Å². The van der Waals surface area contributed by atoms with Crippen molar-refractivity contribution in [3.63, 3.8) is 0 Å². The van der Waals surface area contributed by atoms with Gasteiger partial charge >= 0.3 is 11.9 Å². The van der Waals surface area contributed by atoms with Crippen molar-refractivity contribution < 1.29 is 49.0 Å². The zero-order valence-corrected chi connectivity index (χ0v) is 23.4. The van der Waals surface area contributed by atoms with Crippen LogP contribution in [-0.2, 0) is 28.5 Å². The maximum absolute atomic E-state index is 12.3. The predicted molar refractivity (Wildman–Crippen MR) is 145 cm³/mol. The summed E-state index contributed by atoms with van der Waals surface area (Å²) in [6, 6.07) is 0. The zero-order valence-electron chi connectivity index (χ0n) is 23.4. The molecule has 39 heavy (non-hydrogen) atoms. The molecule has 6 unspecified atom stereocenters. The van der Waals surface area contributed by atoms with Crippen LogP contribution in [0.2, 0.25) is 0 Å². The van der Waals surface area contributed by atoms with Crippen molar-refractivity contribution >= 4 is 11.9 Å². The topological polar surface area (TPSA) is 152 Å². The Morgan fingerprint density at radius 2 is 1.49 bits per heavy atom. The van der Waals surface area contributed by atoms with E-state index in [4.69, 9.17) is 18.9 Å². The lowest BCUT2D eigenvalue weighted by Crippen LogP contribution is -2.59. The fourth-order valence-electron chi connectivity index (χ4n) is 3.87. The molecule has 0 aliphatic carbocycles. The summed E-state index contributed by atoms with van der Waals surface area (Å²) in [6.07, 6.45) is 13.9. The first-order valence-corrected chi connectivity index (χ1v) is 14.0. The highest BCUT2D eigenvalue weighted by atomic mass is 16.7. The third kappa shape index (κ3) is 15.9. The molecule has 0 saturated carbocycles. The number of unbranched alkanes of at least 4 members (excludes halogenated alkanes) is 5. The van der Waals surface area contributed by atoms with Crippen molar-refractivity contribution in [3.05, 3.63) is 36.5 Å². The van der Waals surface area contributed by atoms with E-state index in [0.29, 0.717) is 6.42 Å². The summed E-state index contributed by atoms with van der Waals surface area (Å²) in [5, 5.41) is 39.1. The second kappa shape index (κ2) is 21.7. The first-order chi connectivity index (χ1) is 18.8. The molecule has 224 valence electrons. The number of allylic oxidation sites excluding steroid dienone is 6. The summed E-state index contributed by atoms with van der Waals surface area (Å²) in [6.45, 7) is 2.21. The number of esters is 2. The molecule has 1 heterocycles. The van der Waals surface area contributed by atoms with E-state index < -0.39 is 55.4 Å². The molecule has 1 saturated heterocycles. The Balaban J connectivity index is 2.27. The molecule has 0 amide bonds. The van der Waals surface area contributed by atoms with E-state index in [-0.39, 0.29) is 19.6 Å². The van der Waals surface area contributed by atoms with E-state index in [1.165, 1.54) is 6.92 Å². The van der Waals surface area contributed by atoms with Gasteiger partial charge in [0.2, 0.25) is 0 Å². The van der Waals surface area contributed by atoms with Gasteiger partial charge in [-0.25, -0.2) is 0 Å². The summed E-state index contributed by atoms with van der Waals surface area (Å²) >= 11 is 0. The first-order valence-electron chi connectivity index (χ1n) is 14.0. The number of hydrogen-bond acceptors (Lipinski definition) is 10. The van der Waals surface area contributed by atoms with Crippen LogP contribution >= 0.6 is 0 Å².